The smallest absolute Gasteiger partial charge is 0.354 e. The zero-order valence-corrected chi connectivity index (χ0v) is 10.5. The van der Waals surface area contributed by atoms with Crippen molar-refractivity contribution in [2.45, 2.75) is 5.52 Å². The minimum absolute atomic E-state index is 0. The largest absolute Gasteiger partial charge is 0.379 e. The van der Waals surface area contributed by atoms with Crippen LogP contribution in [0.1, 0.15) is 0 Å². The molecule has 0 aromatic heterocycles. The van der Waals surface area contributed by atoms with Crippen molar-refractivity contribution in [3.63, 3.8) is 0 Å². The lowest BCUT2D eigenvalue weighted by atomic mass is 10.5. The Hall–Kier alpha value is 0.180. The number of rotatable bonds is 3. The first-order chi connectivity index (χ1) is 6.73. The van der Waals surface area contributed by atoms with Gasteiger partial charge in [-0.15, -0.1) is 0 Å². The first-order valence-electron chi connectivity index (χ1n) is 4.15. The van der Waals surface area contributed by atoms with Crippen molar-refractivity contribution in [2.75, 3.05) is 26.3 Å². The van der Waals surface area contributed by atoms with E-state index in [4.69, 9.17) is 24.3 Å². The van der Waals surface area contributed by atoms with Gasteiger partial charge in [-0.25, -0.2) is 0 Å². The average Bonchev–Trinajstić information content (AvgIpc) is 2.00. The third kappa shape index (κ3) is 4.21. The number of quaternary nitrogens is 1. The number of nitrogens with zero attached hydrogens (tertiary/aromatic N) is 1. The third-order valence-corrected chi connectivity index (χ3v) is 5.64. The van der Waals surface area contributed by atoms with Gasteiger partial charge in [-0.2, -0.15) is 0 Å². The molecule has 1 saturated heterocycles. The van der Waals surface area contributed by atoms with Gasteiger partial charge in [0.2, 0.25) is 5.52 Å². The number of hydrogen-bond acceptors (Lipinski definition) is 4. The topological polar surface area (TPSA) is 164 Å². The van der Waals surface area contributed by atoms with Gasteiger partial charge in [0.1, 0.15) is 0 Å². The Morgan fingerprint density at radius 1 is 1.00 bits per heavy atom. The van der Waals surface area contributed by atoms with Crippen LogP contribution in [-0.4, -0.2) is 56.3 Å². The molecule has 1 rings (SSSR count). The summed E-state index contributed by atoms with van der Waals surface area (Å²) in [5.41, 5.74) is -2.05. The highest BCUT2D eigenvalue weighted by Crippen LogP contribution is 2.61. The highest BCUT2D eigenvalue weighted by molar-refractivity contribution is 7.70. The van der Waals surface area contributed by atoms with E-state index in [0.29, 0.717) is 0 Å². The molecule has 8 N–H and O–H groups in total. The molecule has 0 bridgehead atoms. The lowest BCUT2D eigenvalue weighted by molar-refractivity contribution is 0.0350. The van der Waals surface area contributed by atoms with E-state index in [2.05, 4.69) is 0 Å². The molecule has 0 aliphatic carbocycles. The molecule has 0 radical (unpaired) electrons. The summed E-state index contributed by atoms with van der Waals surface area (Å²) in [5.74, 6) is 0. The van der Waals surface area contributed by atoms with Crippen molar-refractivity contribution >= 4 is 15.2 Å². The highest BCUT2D eigenvalue weighted by atomic mass is 31.2. The van der Waals surface area contributed by atoms with Crippen molar-refractivity contribution < 1.29 is 33.4 Å². The molecule has 16 heavy (non-hydrogen) atoms. The summed E-state index contributed by atoms with van der Waals surface area (Å²) >= 11 is 0. The van der Waals surface area contributed by atoms with Gasteiger partial charge >= 0.3 is 15.2 Å². The molecule has 11 heteroatoms. The van der Waals surface area contributed by atoms with Crippen LogP contribution in [0.5, 0.6) is 0 Å². The lowest BCUT2D eigenvalue weighted by Crippen LogP contribution is -2.43. The maximum Gasteiger partial charge on any atom is 0.354 e. The Kier molecular flexibility index (Phi) is 5.74. The van der Waals surface area contributed by atoms with Crippen LogP contribution in [-0.2, 0) is 13.9 Å². The van der Waals surface area contributed by atoms with E-state index < -0.39 is 20.7 Å². The quantitative estimate of drug-likeness (QED) is 0.424. The van der Waals surface area contributed by atoms with Crippen LogP contribution in [0.3, 0.4) is 0 Å². The first kappa shape index (κ1) is 16.2. The average molecular weight is 279 g/mol. The number of ether oxygens (including phenoxy) is 1. The molecule has 1 aliphatic heterocycles. The molecule has 1 aliphatic rings. The SMILES string of the molecule is O=P(O)(O)C(N1CCOCC1)P(=O)(O)O.[NH4+]. The van der Waals surface area contributed by atoms with Crippen molar-refractivity contribution in [2.24, 2.45) is 0 Å². The Morgan fingerprint density at radius 3 is 1.69 bits per heavy atom. The van der Waals surface area contributed by atoms with Gasteiger partial charge in [-0.1, -0.05) is 0 Å². The van der Waals surface area contributed by atoms with E-state index >= 15 is 0 Å². The van der Waals surface area contributed by atoms with Crippen LogP contribution in [0.25, 0.3) is 0 Å². The van der Waals surface area contributed by atoms with Gasteiger partial charge in [-0.3, -0.25) is 14.0 Å². The summed E-state index contributed by atoms with van der Waals surface area (Å²) in [7, 11) is -9.72. The van der Waals surface area contributed by atoms with E-state index in [9.17, 15) is 9.13 Å². The van der Waals surface area contributed by atoms with E-state index in [-0.39, 0.29) is 32.5 Å². The summed E-state index contributed by atoms with van der Waals surface area (Å²) < 4.78 is 26.9. The fraction of sp³-hybridized carbons (Fsp3) is 1.00. The molecule has 0 saturated carbocycles. The van der Waals surface area contributed by atoms with Gasteiger partial charge in [0.15, 0.2) is 0 Å². The lowest BCUT2D eigenvalue weighted by Gasteiger charge is -2.34. The van der Waals surface area contributed by atoms with Crippen LogP contribution >= 0.6 is 15.2 Å². The van der Waals surface area contributed by atoms with Crippen LogP contribution in [0.2, 0.25) is 0 Å². The van der Waals surface area contributed by atoms with Gasteiger partial charge in [0, 0.05) is 13.1 Å². The second-order valence-corrected chi connectivity index (χ2v) is 6.91. The van der Waals surface area contributed by atoms with Crippen molar-refractivity contribution in [3.05, 3.63) is 0 Å². The molecule has 0 aromatic carbocycles. The van der Waals surface area contributed by atoms with Crippen LogP contribution < -0.4 is 6.15 Å². The zero-order chi connectivity index (χ0) is 11.7. The maximum absolute atomic E-state index is 11.0. The molecule has 0 spiro atoms. The zero-order valence-electron chi connectivity index (χ0n) is 8.76. The predicted octanol–water partition coefficient (Wildman–Crippen LogP) is -0.666. The minimum Gasteiger partial charge on any atom is -0.379 e. The predicted molar refractivity (Wildman–Crippen MR) is 56.3 cm³/mol. The Morgan fingerprint density at radius 2 is 1.38 bits per heavy atom. The van der Waals surface area contributed by atoms with Crippen molar-refractivity contribution in [3.8, 4) is 0 Å². The van der Waals surface area contributed by atoms with E-state index in [0.717, 1.165) is 4.90 Å². The molecule has 0 unspecified atom stereocenters. The molecule has 1 heterocycles. The van der Waals surface area contributed by atoms with E-state index in [1.54, 1.807) is 0 Å². The second-order valence-electron chi connectivity index (χ2n) is 3.17. The molecule has 0 amide bonds. The molecular formula is C5H17N2O7P2+. The molecule has 0 atom stereocenters. The summed E-state index contributed by atoms with van der Waals surface area (Å²) in [6.07, 6.45) is 0. The van der Waals surface area contributed by atoms with Crippen LogP contribution in [0.15, 0.2) is 0 Å². The van der Waals surface area contributed by atoms with Crippen LogP contribution in [0, 0.1) is 0 Å². The van der Waals surface area contributed by atoms with Crippen LogP contribution in [0.4, 0.5) is 0 Å². The molecule has 1 fully saturated rings. The summed E-state index contributed by atoms with van der Waals surface area (Å²) in [4.78, 5) is 36.7. The minimum atomic E-state index is -4.86. The third-order valence-electron chi connectivity index (χ3n) is 1.97. The summed E-state index contributed by atoms with van der Waals surface area (Å²) in [6, 6.07) is 0. The number of hydrogen-bond donors (Lipinski definition) is 5. The molecule has 9 nitrogen and oxygen atoms in total. The number of morpholine rings is 1. The van der Waals surface area contributed by atoms with E-state index in [1.807, 2.05) is 0 Å². The molecule has 0 aromatic rings. The van der Waals surface area contributed by atoms with E-state index in [1.165, 1.54) is 0 Å². The Bertz CT molecular complexity index is 284. The van der Waals surface area contributed by atoms with Gasteiger partial charge < -0.3 is 30.5 Å². The first-order valence-corrected chi connectivity index (χ1v) is 7.51. The highest BCUT2D eigenvalue weighted by Gasteiger charge is 2.47. The fourth-order valence-electron chi connectivity index (χ4n) is 1.43. The standard InChI is InChI=1S/C5H13NO7P2.H3N/c7-14(8,9)5(15(10,11)12)6-1-3-13-4-2-6;/h5H,1-4H2,(H2,7,8,9)(H2,10,11,12);1H3/p+1. The second kappa shape index (κ2) is 5.68. The Balaban J connectivity index is 0.00000225. The maximum atomic E-state index is 11.0. The summed E-state index contributed by atoms with van der Waals surface area (Å²) in [5, 5.41) is 0. The van der Waals surface area contributed by atoms with Crippen molar-refractivity contribution in [1.82, 2.24) is 11.1 Å². The molecular weight excluding hydrogens is 262 g/mol. The molecule has 98 valence electrons. The monoisotopic (exact) mass is 279 g/mol. The van der Waals surface area contributed by atoms with Gasteiger partial charge in [0.05, 0.1) is 13.2 Å². The summed E-state index contributed by atoms with van der Waals surface area (Å²) in [6.45, 7) is 0.606. The van der Waals surface area contributed by atoms with Crippen molar-refractivity contribution in [1.29, 1.82) is 0 Å². The van der Waals surface area contributed by atoms with Gasteiger partial charge in [0.25, 0.3) is 0 Å². The normalized spacial score (nSPS) is 19.6. The Labute approximate surface area is 92.3 Å². The fourth-order valence-corrected chi connectivity index (χ4v) is 4.31. The van der Waals surface area contributed by atoms with Gasteiger partial charge in [-0.05, 0) is 0 Å².